The number of ketones is 1. The summed E-state index contributed by atoms with van der Waals surface area (Å²) in [5, 5.41) is 9.79. The lowest BCUT2D eigenvalue weighted by molar-refractivity contribution is -0.151. The molecule has 90 valence electrons. The van der Waals surface area contributed by atoms with Crippen molar-refractivity contribution in [2.24, 2.45) is 0 Å². The van der Waals surface area contributed by atoms with Crippen molar-refractivity contribution < 1.29 is 19.4 Å². The fraction of sp³-hybridized carbons (Fsp3) is 0.250. The van der Waals surface area contributed by atoms with Crippen molar-refractivity contribution in [3.63, 3.8) is 0 Å². The molecule has 1 N–H and O–H groups in total. The van der Waals surface area contributed by atoms with Crippen LogP contribution >= 0.6 is 0 Å². The number of hydrogen-bond donors (Lipinski definition) is 1. The Bertz CT molecular complexity index is 451. The largest absolute Gasteiger partial charge is 0.507 e. The maximum atomic E-state index is 11.5. The number of aromatic nitrogens is 1. The first-order chi connectivity index (χ1) is 8.07. The van der Waals surface area contributed by atoms with Gasteiger partial charge in [-0.1, -0.05) is 0 Å². The summed E-state index contributed by atoms with van der Waals surface area (Å²) in [4.78, 5) is 26.5. The van der Waals surface area contributed by atoms with Gasteiger partial charge in [0.05, 0.1) is 6.61 Å². The molecule has 0 aliphatic carbocycles. The van der Waals surface area contributed by atoms with E-state index in [1.54, 1.807) is 25.3 Å². The maximum Gasteiger partial charge on any atom is 0.379 e. The molecule has 0 unspecified atom stereocenters. The Kier molecular flexibility index (Phi) is 4.39. The number of pyridine rings is 1. The van der Waals surface area contributed by atoms with Gasteiger partial charge in [0.2, 0.25) is 0 Å². The van der Waals surface area contributed by atoms with Crippen LogP contribution in [0.5, 0.6) is 0 Å². The highest BCUT2D eigenvalue weighted by molar-refractivity contribution is 6.41. The Morgan fingerprint density at radius 2 is 2.18 bits per heavy atom. The van der Waals surface area contributed by atoms with E-state index in [-0.39, 0.29) is 17.9 Å². The highest BCUT2D eigenvalue weighted by Crippen LogP contribution is 2.15. The highest BCUT2D eigenvalue weighted by atomic mass is 16.5. The van der Waals surface area contributed by atoms with E-state index in [1.807, 2.05) is 0 Å². The molecule has 0 atom stereocenters. The molecule has 0 aliphatic heterocycles. The van der Waals surface area contributed by atoms with E-state index >= 15 is 0 Å². The molecule has 0 bridgehead atoms. The van der Waals surface area contributed by atoms with E-state index in [9.17, 15) is 14.7 Å². The highest BCUT2D eigenvalue weighted by Gasteiger charge is 2.20. The minimum atomic E-state index is -0.972. The first-order valence-electron chi connectivity index (χ1n) is 5.09. The standard InChI is InChI=1S/C12H13NO4/c1-3-17-12(16)11(15)8(2)10(14)9-5-4-6-13-7-9/h4-7,14H,3H2,1-2H3/b10-8+. The molecule has 0 amide bonds. The third-order valence-electron chi connectivity index (χ3n) is 2.09. The average molecular weight is 235 g/mol. The summed E-state index contributed by atoms with van der Waals surface area (Å²) in [5.74, 6) is -2.09. The lowest BCUT2D eigenvalue weighted by Gasteiger charge is -2.05. The van der Waals surface area contributed by atoms with Gasteiger partial charge in [-0.3, -0.25) is 9.78 Å². The van der Waals surface area contributed by atoms with Crippen LogP contribution in [0.3, 0.4) is 0 Å². The fourth-order valence-electron chi connectivity index (χ4n) is 1.18. The van der Waals surface area contributed by atoms with E-state index in [0.717, 1.165) is 0 Å². The Morgan fingerprint density at radius 1 is 1.47 bits per heavy atom. The number of aliphatic hydroxyl groups is 1. The van der Waals surface area contributed by atoms with Gasteiger partial charge < -0.3 is 9.84 Å². The van der Waals surface area contributed by atoms with Gasteiger partial charge in [-0.25, -0.2) is 4.79 Å². The summed E-state index contributed by atoms with van der Waals surface area (Å²) in [6.07, 6.45) is 2.94. The molecule has 0 saturated heterocycles. The van der Waals surface area contributed by atoms with Crippen LogP contribution in [0.1, 0.15) is 19.4 Å². The van der Waals surface area contributed by atoms with E-state index in [2.05, 4.69) is 9.72 Å². The topological polar surface area (TPSA) is 76.5 Å². The molecule has 1 heterocycles. The van der Waals surface area contributed by atoms with Gasteiger partial charge in [0.15, 0.2) is 0 Å². The Hall–Kier alpha value is -2.17. The SMILES string of the molecule is CCOC(=O)C(=O)/C(C)=C(/O)c1cccnc1. The van der Waals surface area contributed by atoms with Crippen molar-refractivity contribution in [2.75, 3.05) is 6.61 Å². The van der Waals surface area contributed by atoms with Crippen LogP contribution < -0.4 is 0 Å². The summed E-state index contributed by atoms with van der Waals surface area (Å²) in [5.41, 5.74) is 0.319. The number of rotatable bonds is 4. The van der Waals surface area contributed by atoms with Gasteiger partial charge >= 0.3 is 5.97 Å². The molecular formula is C12H13NO4. The number of carbonyl (C=O) groups excluding carboxylic acids is 2. The lowest BCUT2D eigenvalue weighted by Crippen LogP contribution is -2.19. The minimum absolute atomic E-state index is 0.0588. The van der Waals surface area contributed by atoms with E-state index in [4.69, 9.17) is 0 Å². The summed E-state index contributed by atoms with van der Waals surface area (Å²) in [7, 11) is 0. The monoisotopic (exact) mass is 235 g/mol. The second kappa shape index (κ2) is 5.79. The molecular weight excluding hydrogens is 222 g/mol. The van der Waals surface area contributed by atoms with Crippen molar-refractivity contribution >= 4 is 17.5 Å². The van der Waals surface area contributed by atoms with E-state index < -0.39 is 11.8 Å². The van der Waals surface area contributed by atoms with Crippen LogP contribution in [-0.2, 0) is 14.3 Å². The molecule has 0 saturated carbocycles. The van der Waals surface area contributed by atoms with Crippen LogP contribution in [-0.4, -0.2) is 28.4 Å². The van der Waals surface area contributed by atoms with E-state index in [0.29, 0.717) is 5.56 Å². The molecule has 0 radical (unpaired) electrons. The Morgan fingerprint density at radius 3 is 2.71 bits per heavy atom. The quantitative estimate of drug-likeness (QED) is 0.370. The maximum absolute atomic E-state index is 11.5. The van der Waals surface area contributed by atoms with Gasteiger partial charge in [0.25, 0.3) is 5.78 Å². The van der Waals surface area contributed by atoms with Crippen molar-refractivity contribution in [1.29, 1.82) is 0 Å². The Labute approximate surface area is 98.7 Å². The molecule has 17 heavy (non-hydrogen) atoms. The smallest absolute Gasteiger partial charge is 0.379 e. The molecule has 0 spiro atoms. The van der Waals surface area contributed by atoms with Gasteiger partial charge in [0.1, 0.15) is 5.76 Å². The second-order valence-electron chi connectivity index (χ2n) is 3.26. The summed E-state index contributed by atoms with van der Waals surface area (Å²) < 4.78 is 4.56. The van der Waals surface area contributed by atoms with Crippen molar-refractivity contribution in [1.82, 2.24) is 4.98 Å². The predicted octanol–water partition coefficient (Wildman–Crippen LogP) is 1.50. The number of ether oxygens (including phenoxy) is 1. The Balaban J connectivity index is 2.98. The summed E-state index contributed by atoms with van der Waals surface area (Å²) >= 11 is 0. The molecule has 1 aromatic heterocycles. The summed E-state index contributed by atoms with van der Waals surface area (Å²) in [6.45, 7) is 3.08. The number of aliphatic hydroxyl groups excluding tert-OH is 1. The average Bonchev–Trinajstić information content (AvgIpc) is 2.37. The van der Waals surface area contributed by atoms with E-state index in [1.165, 1.54) is 13.1 Å². The summed E-state index contributed by atoms with van der Waals surface area (Å²) in [6, 6.07) is 3.21. The first-order valence-corrected chi connectivity index (χ1v) is 5.09. The molecule has 0 aliphatic rings. The normalized spacial score (nSPS) is 11.6. The number of esters is 1. The van der Waals surface area contributed by atoms with Crippen LogP contribution in [0.2, 0.25) is 0 Å². The third kappa shape index (κ3) is 3.14. The minimum Gasteiger partial charge on any atom is -0.507 e. The molecule has 0 fully saturated rings. The number of hydrogen-bond acceptors (Lipinski definition) is 5. The number of carbonyl (C=O) groups is 2. The van der Waals surface area contributed by atoms with Gasteiger partial charge in [-0.2, -0.15) is 0 Å². The molecule has 5 heteroatoms. The van der Waals surface area contributed by atoms with Gasteiger partial charge in [-0.15, -0.1) is 0 Å². The second-order valence-corrected chi connectivity index (χ2v) is 3.26. The number of nitrogens with zero attached hydrogens (tertiary/aromatic N) is 1. The van der Waals surface area contributed by atoms with Crippen LogP contribution in [0.4, 0.5) is 0 Å². The van der Waals surface area contributed by atoms with Crippen molar-refractivity contribution in [3.05, 3.63) is 35.7 Å². The van der Waals surface area contributed by atoms with Gasteiger partial charge in [-0.05, 0) is 26.0 Å². The predicted molar refractivity (Wildman–Crippen MR) is 61.1 cm³/mol. The van der Waals surface area contributed by atoms with Crippen LogP contribution in [0, 0.1) is 0 Å². The van der Waals surface area contributed by atoms with Crippen LogP contribution in [0.15, 0.2) is 30.1 Å². The zero-order valence-corrected chi connectivity index (χ0v) is 9.64. The molecule has 1 aromatic rings. The molecule has 5 nitrogen and oxygen atoms in total. The van der Waals surface area contributed by atoms with Gasteiger partial charge in [0, 0.05) is 23.5 Å². The van der Waals surface area contributed by atoms with Crippen molar-refractivity contribution in [2.45, 2.75) is 13.8 Å². The fourth-order valence-corrected chi connectivity index (χ4v) is 1.18. The third-order valence-corrected chi connectivity index (χ3v) is 2.09. The van der Waals surface area contributed by atoms with Crippen molar-refractivity contribution in [3.8, 4) is 0 Å². The van der Waals surface area contributed by atoms with Crippen LogP contribution in [0.25, 0.3) is 5.76 Å². The lowest BCUT2D eigenvalue weighted by atomic mass is 10.1. The first kappa shape index (κ1) is 12.9. The molecule has 1 rings (SSSR count). The molecule has 0 aromatic carbocycles. The zero-order chi connectivity index (χ0) is 12.8. The number of Topliss-reactive ketones (excluding diaryl/α,β-unsaturated/α-hetero) is 1. The zero-order valence-electron chi connectivity index (χ0n) is 9.64.